The van der Waals surface area contributed by atoms with Crippen LogP contribution in [0.25, 0.3) is 6.08 Å². The second-order valence-corrected chi connectivity index (χ2v) is 8.40. The predicted molar refractivity (Wildman–Crippen MR) is 130 cm³/mol. The molecule has 0 fully saturated rings. The lowest BCUT2D eigenvalue weighted by Crippen LogP contribution is -2.02. The molecule has 0 spiro atoms. The molecule has 0 bridgehead atoms. The van der Waals surface area contributed by atoms with Gasteiger partial charge in [0, 0.05) is 16.5 Å². The van der Waals surface area contributed by atoms with Gasteiger partial charge in [0.25, 0.3) is 0 Å². The average molecular weight is 437 g/mol. The summed E-state index contributed by atoms with van der Waals surface area (Å²) in [6, 6.07) is 31.3. The zero-order valence-electron chi connectivity index (χ0n) is 17.6. The van der Waals surface area contributed by atoms with Crippen molar-refractivity contribution in [2.24, 2.45) is 0 Å². The lowest BCUT2D eigenvalue weighted by Gasteiger charge is -2.14. The molecule has 0 unspecified atom stereocenters. The molecule has 0 saturated heterocycles. The summed E-state index contributed by atoms with van der Waals surface area (Å²) < 4.78 is 6.14. The number of Topliss-reactive ketones (excluding diaryl/α,β-unsaturated/α-hetero) is 1. The fraction of sp³-hybridized carbons (Fsp3) is 0.0690. The van der Waals surface area contributed by atoms with Crippen LogP contribution >= 0.6 is 11.6 Å². The van der Waals surface area contributed by atoms with E-state index in [1.807, 2.05) is 54.6 Å². The van der Waals surface area contributed by atoms with Gasteiger partial charge in [0.2, 0.25) is 0 Å². The SMILES string of the molecule is Cc1ccc(/C=C2\C(=O)c3c(Oc4ccc(Cl)cc4)cccc3[C@H]2c2ccccc2)cc1. The molecule has 2 nitrogen and oxygen atoms in total. The first-order valence-electron chi connectivity index (χ1n) is 10.5. The molecule has 1 aliphatic rings. The van der Waals surface area contributed by atoms with E-state index in [2.05, 4.69) is 31.2 Å². The Balaban J connectivity index is 1.64. The maximum Gasteiger partial charge on any atom is 0.194 e. The van der Waals surface area contributed by atoms with Crippen LogP contribution in [-0.4, -0.2) is 5.78 Å². The minimum absolute atomic E-state index is 0.000934. The second-order valence-electron chi connectivity index (χ2n) is 7.96. The molecule has 156 valence electrons. The maximum absolute atomic E-state index is 13.7. The molecular weight excluding hydrogens is 416 g/mol. The monoisotopic (exact) mass is 436 g/mol. The normalized spacial score (nSPS) is 16.2. The molecular formula is C29H21ClO2. The van der Waals surface area contributed by atoms with E-state index in [9.17, 15) is 4.79 Å². The molecule has 32 heavy (non-hydrogen) atoms. The van der Waals surface area contributed by atoms with Gasteiger partial charge in [-0.15, -0.1) is 0 Å². The molecule has 4 aromatic carbocycles. The maximum atomic E-state index is 13.7. The minimum Gasteiger partial charge on any atom is -0.457 e. The van der Waals surface area contributed by atoms with E-state index in [1.165, 1.54) is 5.56 Å². The summed E-state index contributed by atoms with van der Waals surface area (Å²) in [6.45, 7) is 2.06. The highest BCUT2D eigenvalue weighted by Crippen LogP contribution is 2.46. The quantitative estimate of drug-likeness (QED) is 0.304. The van der Waals surface area contributed by atoms with Crippen LogP contribution in [0.15, 0.2) is 103 Å². The number of aryl methyl sites for hydroxylation is 1. The minimum atomic E-state index is -0.145. The summed E-state index contributed by atoms with van der Waals surface area (Å²) in [7, 11) is 0. The second kappa shape index (κ2) is 8.49. The Morgan fingerprint density at radius 3 is 2.25 bits per heavy atom. The van der Waals surface area contributed by atoms with Crippen LogP contribution in [0.5, 0.6) is 11.5 Å². The Hall–Kier alpha value is -3.62. The third-order valence-corrected chi connectivity index (χ3v) is 6.00. The molecule has 0 aliphatic heterocycles. The molecule has 0 amide bonds. The Morgan fingerprint density at radius 2 is 1.53 bits per heavy atom. The van der Waals surface area contributed by atoms with Gasteiger partial charge >= 0.3 is 0 Å². The molecule has 0 radical (unpaired) electrons. The fourth-order valence-electron chi connectivity index (χ4n) is 4.18. The van der Waals surface area contributed by atoms with Gasteiger partial charge in [-0.25, -0.2) is 0 Å². The Labute approximate surface area is 192 Å². The van der Waals surface area contributed by atoms with Crippen molar-refractivity contribution >= 4 is 23.5 Å². The van der Waals surface area contributed by atoms with Crippen molar-refractivity contribution in [3.63, 3.8) is 0 Å². The largest absolute Gasteiger partial charge is 0.457 e. The number of halogens is 1. The number of hydrogen-bond acceptors (Lipinski definition) is 2. The number of fused-ring (bicyclic) bond motifs is 1. The zero-order valence-corrected chi connectivity index (χ0v) is 18.3. The van der Waals surface area contributed by atoms with Gasteiger partial charge < -0.3 is 4.74 Å². The number of ether oxygens (including phenoxy) is 1. The Morgan fingerprint density at radius 1 is 0.812 bits per heavy atom. The number of carbonyl (C=O) groups is 1. The van der Waals surface area contributed by atoms with E-state index in [1.54, 1.807) is 24.3 Å². The Bertz CT molecular complexity index is 1300. The summed E-state index contributed by atoms with van der Waals surface area (Å²) in [5.41, 5.74) is 5.61. The summed E-state index contributed by atoms with van der Waals surface area (Å²) >= 11 is 6.01. The first kappa shape index (κ1) is 20.3. The first-order valence-corrected chi connectivity index (χ1v) is 10.9. The van der Waals surface area contributed by atoms with Crippen LogP contribution in [0.4, 0.5) is 0 Å². The number of ketones is 1. The van der Waals surface area contributed by atoms with Crippen molar-refractivity contribution in [1.29, 1.82) is 0 Å². The lowest BCUT2D eigenvalue weighted by atomic mass is 9.89. The van der Waals surface area contributed by atoms with E-state index < -0.39 is 0 Å². The van der Waals surface area contributed by atoms with Gasteiger partial charge in [0.15, 0.2) is 5.78 Å². The van der Waals surface area contributed by atoms with E-state index in [-0.39, 0.29) is 11.7 Å². The third-order valence-electron chi connectivity index (χ3n) is 5.74. The molecule has 4 aromatic rings. The van der Waals surface area contributed by atoms with Gasteiger partial charge in [-0.3, -0.25) is 4.79 Å². The molecule has 5 rings (SSSR count). The van der Waals surface area contributed by atoms with Crippen LogP contribution in [0.3, 0.4) is 0 Å². The van der Waals surface area contributed by atoms with E-state index >= 15 is 0 Å². The number of allylic oxidation sites excluding steroid dienone is 1. The summed E-state index contributed by atoms with van der Waals surface area (Å²) in [4.78, 5) is 13.7. The predicted octanol–water partition coefficient (Wildman–Crippen LogP) is 7.85. The third kappa shape index (κ3) is 3.86. The topological polar surface area (TPSA) is 26.3 Å². The van der Waals surface area contributed by atoms with Crippen molar-refractivity contribution in [3.8, 4) is 11.5 Å². The first-order chi connectivity index (χ1) is 15.6. The van der Waals surface area contributed by atoms with Crippen LogP contribution in [-0.2, 0) is 0 Å². The summed E-state index contributed by atoms with van der Waals surface area (Å²) in [6.07, 6.45) is 2.01. The van der Waals surface area contributed by atoms with Crippen LogP contribution in [0.2, 0.25) is 5.02 Å². The smallest absolute Gasteiger partial charge is 0.194 e. The number of rotatable bonds is 4. The molecule has 0 saturated carbocycles. The van der Waals surface area contributed by atoms with Crippen molar-refractivity contribution in [2.75, 3.05) is 0 Å². The molecule has 0 heterocycles. The zero-order chi connectivity index (χ0) is 22.1. The highest BCUT2D eigenvalue weighted by molar-refractivity contribution is 6.30. The number of carbonyl (C=O) groups excluding carboxylic acids is 1. The lowest BCUT2D eigenvalue weighted by molar-refractivity contribution is 0.103. The van der Waals surface area contributed by atoms with Gasteiger partial charge in [-0.2, -0.15) is 0 Å². The Kier molecular flexibility index (Phi) is 5.38. The highest BCUT2D eigenvalue weighted by atomic mass is 35.5. The van der Waals surface area contributed by atoms with Crippen molar-refractivity contribution in [1.82, 2.24) is 0 Å². The van der Waals surface area contributed by atoms with E-state index in [0.717, 1.165) is 22.3 Å². The van der Waals surface area contributed by atoms with Crippen molar-refractivity contribution in [2.45, 2.75) is 12.8 Å². The van der Waals surface area contributed by atoms with Gasteiger partial charge in [-0.05, 0) is 60.0 Å². The van der Waals surface area contributed by atoms with Gasteiger partial charge in [-0.1, -0.05) is 83.9 Å². The highest BCUT2D eigenvalue weighted by Gasteiger charge is 2.38. The standard InChI is InChI=1S/C29H21ClO2/c1-19-10-12-20(13-11-19)18-25-27(21-6-3-2-4-7-21)24-8-5-9-26(28(24)29(25)31)32-23-16-14-22(30)15-17-23/h2-18,27H,1H3/b25-18-/t27-/m1/s1. The van der Waals surface area contributed by atoms with Crippen LogP contribution < -0.4 is 4.74 Å². The van der Waals surface area contributed by atoms with Gasteiger partial charge in [0.1, 0.15) is 11.5 Å². The van der Waals surface area contributed by atoms with Crippen LogP contribution in [0.1, 0.15) is 38.5 Å². The average Bonchev–Trinajstić information content (AvgIpc) is 3.10. The summed E-state index contributed by atoms with van der Waals surface area (Å²) in [5, 5.41) is 0.638. The molecule has 1 aliphatic carbocycles. The van der Waals surface area contributed by atoms with Crippen molar-refractivity contribution in [3.05, 3.63) is 135 Å². The van der Waals surface area contributed by atoms with E-state index in [0.29, 0.717) is 22.1 Å². The fourth-order valence-corrected chi connectivity index (χ4v) is 4.31. The number of benzene rings is 4. The molecule has 0 aromatic heterocycles. The van der Waals surface area contributed by atoms with Gasteiger partial charge in [0.05, 0.1) is 5.56 Å². The molecule has 0 N–H and O–H groups in total. The summed E-state index contributed by atoms with van der Waals surface area (Å²) in [5.74, 6) is 1.05. The molecule has 1 atom stereocenters. The van der Waals surface area contributed by atoms with Crippen LogP contribution in [0, 0.1) is 6.92 Å². The molecule has 3 heteroatoms. The van der Waals surface area contributed by atoms with E-state index in [4.69, 9.17) is 16.3 Å². The number of hydrogen-bond donors (Lipinski definition) is 0. The van der Waals surface area contributed by atoms with Crippen molar-refractivity contribution < 1.29 is 9.53 Å².